The van der Waals surface area contributed by atoms with E-state index in [2.05, 4.69) is 0 Å². The molecule has 0 heterocycles. The summed E-state index contributed by atoms with van der Waals surface area (Å²) in [7, 11) is 0. The molecule has 0 aliphatic rings. The summed E-state index contributed by atoms with van der Waals surface area (Å²) in [6, 6.07) is 5.24. The lowest BCUT2D eigenvalue weighted by atomic mass is 10.0. The molecule has 0 aliphatic carbocycles. The van der Waals surface area contributed by atoms with Crippen LogP contribution in [0.4, 0.5) is 17.6 Å². The second-order valence-corrected chi connectivity index (χ2v) is 4.60. The lowest BCUT2D eigenvalue weighted by Crippen LogP contribution is -2.01. The largest absolute Gasteiger partial charge is 0.207 e. The van der Waals surface area contributed by atoms with Crippen molar-refractivity contribution in [2.24, 2.45) is 0 Å². The average Bonchev–Trinajstić information content (AvgIpc) is 2.36. The predicted molar refractivity (Wildman–Crippen MR) is 65.1 cm³/mol. The van der Waals surface area contributed by atoms with Crippen LogP contribution in [0.2, 0.25) is 0 Å². The van der Waals surface area contributed by atoms with Gasteiger partial charge in [0.25, 0.3) is 0 Å². The Hall–Kier alpha value is -1.55. The van der Waals surface area contributed by atoms with Crippen molar-refractivity contribution in [3.05, 3.63) is 70.3 Å². The van der Waals surface area contributed by atoms with Crippen molar-refractivity contribution in [2.45, 2.75) is 12.3 Å². The van der Waals surface area contributed by atoms with E-state index in [0.717, 1.165) is 6.07 Å². The highest BCUT2D eigenvalue weighted by molar-refractivity contribution is 6.22. The number of aryl methyl sites for hydroxylation is 1. The molecule has 1 atom stereocenters. The van der Waals surface area contributed by atoms with Gasteiger partial charge in [-0.05, 0) is 30.2 Å². The highest BCUT2D eigenvalue weighted by Crippen LogP contribution is 2.32. The molecule has 2 aromatic rings. The maximum atomic E-state index is 13.6. The average molecular weight is 289 g/mol. The van der Waals surface area contributed by atoms with Crippen molar-refractivity contribution in [3.63, 3.8) is 0 Å². The first-order chi connectivity index (χ1) is 8.90. The molecule has 19 heavy (non-hydrogen) atoms. The molecule has 0 aliphatic heterocycles. The summed E-state index contributed by atoms with van der Waals surface area (Å²) >= 11 is 5.99. The summed E-state index contributed by atoms with van der Waals surface area (Å²) in [6.07, 6.45) is 0. The standard InChI is InChI=1S/C14H9ClF4/c1-7-2-3-8(4-10(7)16)14(15)9-5-12(18)13(19)6-11(9)17/h2-6,14H,1H3. The molecule has 0 fully saturated rings. The molecule has 0 amide bonds. The molecule has 0 aromatic heterocycles. The van der Waals surface area contributed by atoms with E-state index in [4.69, 9.17) is 11.6 Å². The second kappa shape index (κ2) is 5.21. The second-order valence-electron chi connectivity index (χ2n) is 4.16. The molecule has 0 saturated carbocycles. The number of hydrogen-bond donors (Lipinski definition) is 0. The van der Waals surface area contributed by atoms with E-state index in [9.17, 15) is 17.6 Å². The molecule has 0 bridgehead atoms. The molecular formula is C14H9ClF4. The summed E-state index contributed by atoms with van der Waals surface area (Å²) in [5, 5.41) is -1.09. The Morgan fingerprint density at radius 1 is 0.842 bits per heavy atom. The summed E-state index contributed by atoms with van der Waals surface area (Å²) in [5.74, 6) is -3.96. The first-order valence-corrected chi connectivity index (χ1v) is 5.88. The molecule has 0 saturated heterocycles. The highest BCUT2D eigenvalue weighted by atomic mass is 35.5. The van der Waals surface area contributed by atoms with Crippen molar-refractivity contribution in [2.75, 3.05) is 0 Å². The highest BCUT2D eigenvalue weighted by Gasteiger charge is 2.19. The Labute approximate surface area is 112 Å². The normalized spacial score (nSPS) is 12.5. The van der Waals surface area contributed by atoms with Gasteiger partial charge in [0.2, 0.25) is 0 Å². The molecule has 0 spiro atoms. The van der Waals surface area contributed by atoms with Crippen molar-refractivity contribution in [3.8, 4) is 0 Å². The molecule has 2 aromatic carbocycles. The minimum Gasteiger partial charge on any atom is -0.207 e. The third-order valence-corrected chi connectivity index (χ3v) is 3.29. The van der Waals surface area contributed by atoms with Crippen molar-refractivity contribution < 1.29 is 17.6 Å². The van der Waals surface area contributed by atoms with Gasteiger partial charge in [-0.3, -0.25) is 0 Å². The van der Waals surface area contributed by atoms with Crippen LogP contribution in [-0.4, -0.2) is 0 Å². The van der Waals surface area contributed by atoms with E-state index < -0.39 is 28.6 Å². The van der Waals surface area contributed by atoms with Crippen LogP contribution < -0.4 is 0 Å². The Kier molecular flexibility index (Phi) is 3.80. The van der Waals surface area contributed by atoms with E-state index in [-0.39, 0.29) is 11.1 Å². The van der Waals surface area contributed by atoms with Crippen LogP contribution in [-0.2, 0) is 0 Å². The third-order valence-electron chi connectivity index (χ3n) is 2.80. The zero-order valence-electron chi connectivity index (χ0n) is 9.85. The quantitative estimate of drug-likeness (QED) is 0.420. The number of halogens is 5. The van der Waals surface area contributed by atoms with Gasteiger partial charge in [0, 0.05) is 11.6 Å². The Bertz CT molecular complexity index is 625. The van der Waals surface area contributed by atoms with Crippen molar-refractivity contribution in [1.29, 1.82) is 0 Å². The smallest absolute Gasteiger partial charge is 0.161 e. The summed E-state index contributed by atoms with van der Waals surface area (Å²) in [5.41, 5.74) is 0.455. The number of benzene rings is 2. The fraction of sp³-hybridized carbons (Fsp3) is 0.143. The molecular weight excluding hydrogens is 280 g/mol. The Morgan fingerprint density at radius 3 is 2.11 bits per heavy atom. The Morgan fingerprint density at radius 2 is 1.47 bits per heavy atom. The molecule has 0 N–H and O–H groups in total. The summed E-state index contributed by atoms with van der Waals surface area (Å²) < 4.78 is 52.9. The van der Waals surface area contributed by atoms with Gasteiger partial charge in [0.05, 0.1) is 5.38 Å². The number of alkyl halides is 1. The lowest BCUT2D eigenvalue weighted by molar-refractivity contribution is 0.490. The predicted octanol–water partition coefficient (Wildman–Crippen LogP) is 4.88. The minimum atomic E-state index is -1.29. The Balaban J connectivity index is 2.46. The third kappa shape index (κ3) is 2.73. The van der Waals surface area contributed by atoms with Crippen LogP contribution >= 0.6 is 11.6 Å². The van der Waals surface area contributed by atoms with Crippen molar-refractivity contribution in [1.82, 2.24) is 0 Å². The van der Waals surface area contributed by atoms with E-state index >= 15 is 0 Å². The van der Waals surface area contributed by atoms with Crippen molar-refractivity contribution >= 4 is 11.6 Å². The molecule has 0 radical (unpaired) electrons. The molecule has 100 valence electrons. The van der Waals surface area contributed by atoms with E-state index in [1.54, 1.807) is 6.92 Å². The van der Waals surface area contributed by atoms with Gasteiger partial charge >= 0.3 is 0 Å². The summed E-state index contributed by atoms with van der Waals surface area (Å²) in [6.45, 7) is 1.57. The first-order valence-electron chi connectivity index (χ1n) is 5.44. The SMILES string of the molecule is Cc1ccc(C(Cl)c2cc(F)c(F)cc2F)cc1F. The number of rotatable bonds is 2. The zero-order valence-corrected chi connectivity index (χ0v) is 10.6. The van der Waals surface area contributed by atoms with Gasteiger partial charge < -0.3 is 0 Å². The fourth-order valence-electron chi connectivity index (χ4n) is 1.68. The van der Waals surface area contributed by atoms with Gasteiger partial charge in [0.1, 0.15) is 11.6 Å². The van der Waals surface area contributed by atoms with Gasteiger partial charge in [-0.2, -0.15) is 0 Å². The number of hydrogen-bond acceptors (Lipinski definition) is 0. The molecule has 2 rings (SSSR count). The fourth-order valence-corrected chi connectivity index (χ4v) is 1.98. The van der Waals surface area contributed by atoms with Gasteiger partial charge in [-0.25, -0.2) is 17.6 Å². The molecule has 5 heteroatoms. The lowest BCUT2D eigenvalue weighted by Gasteiger charge is -2.12. The summed E-state index contributed by atoms with van der Waals surface area (Å²) in [4.78, 5) is 0. The van der Waals surface area contributed by atoms with Gasteiger partial charge in [-0.1, -0.05) is 12.1 Å². The molecule has 0 nitrogen and oxygen atoms in total. The van der Waals surface area contributed by atoms with Crippen LogP contribution in [0, 0.1) is 30.2 Å². The van der Waals surface area contributed by atoms with Crippen LogP contribution in [0.1, 0.15) is 22.1 Å². The molecule has 1 unspecified atom stereocenters. The van der Waals surface area contributed by atoms with E-state index in [0.29, 0.717) is 17.7 Å². The van der Waals surface area contributed by atoms with Crippen LogP contribution in [0.5, 0.6) is 0 Å². The van der Waals surface area contributed by atoms with Crippen LogP contribution in [0.15, 0.2) is 30.3 Å². The van der Waals surface area contributed by atoms with E-state index in [1.165, 1.54) is 12.1 Å². The van der Waals surface area contributed by atoms with Crippen LogP contribution in [0.3, 0.4) is 0 Å². The minimum absolute atomic E-state index is 0.233. The maximum Gasteiger partial charge on any atom is 0.161 e. The topological polar surface area (TPSA) is 0 Å². The zero-order chi connectivity index (χ0) is 14.2. The van der Waals surface area contributed by atoms with Crippen LogP contribution in [0.25, 0.3) is 0 Å². The van der Waals surface area contributed by atoms with Gasteiger partial charge in [-0.15, -0.1) is 11.6 Å². The monoisotopic (exact) mass is 288 g/mol. The van der Waals surface area contributed by atoms with Gasteiger partial charge in [0.15, 0.2) is 11.6 Å². The maximum absolute atomic E-state index is 13.6. The first kappa shape index (κ1) is 13.9. The van der Waals surface area contributed by atoms with E-state index in [1.807, 2.05) is 0 Å².